The number of nitrogens with zero attached hydrogens (tertiary/aromatic N) is 1. The van der Waals surface area contributed by atoms with Crippen LogP contribution in [0, 0.1) is 11.8 Å². The van der Waals surface area contributed by atoms with Crippen LogP contribution < -0.4 is 0 Å². The molecule has 0 unspecified atom stereocenters. The number of carbonyl (C=O) groups is 2. The molecule has 0 aromatic heterocycles. The van der Waals surface area contributed by atoms with Crippen LogP contribution in [0.15, 0.2) is 0 Å². The van der Waals surface area contributed by atoms with E-state index < -0.39 is 5.60 Å². The fraction of sp³-hybridized carbons (Fsp3) is 0.846. The maximum absolute atomic E-state index is 11.7. The molecule has 5 nitrogen and oxygen atoms in total. The van der Waals surface area contributed by atoms with Gasteiger partial charge in [0.25, 0.3) is 0 Å². The Bertz CT molecular complexity index is 315. The molecule has 0 saturated heterocycles. The lowest BCUT2D eigenvalue weighted by molar-refractivity contribution is -0.179. The first-order valence-electron chi connectivity index (χ1n) is 6.26. The Balaban J connectivity index is 2.27. The van der Waals surface area contributed by atoms with E-state index in [9.17, 15) is 9.59 Å². The van der Waals surface area contributed by atoms with E-state index in [4.69, 9.17) is 9.57 Å². The highest BCUT2D eigenvalue weighted by molar-refractivity contribution is 5.79. The average molecular weight is 257 g/mol. The average Bonchev–Trinajstić information content (AvgIpc) is 2.18. The molecule has 0 spiro atoms. The Morgan fingerprint density at radius 1 is 1.28 bits per heavy atom. The van der Waals surface area contributed by atoms with Gasteiger partial charge in [0.1, 0.15) is 5.60 Å². The summed E-state index contributed by atoms with van der Waals surface area (Å²) in [6.07, 6.45) is 1.88. The number of rotatable bonds is 4. The third kappa shape index (κ3) is 4.29. The van der Waals surface area contributed by atoms with E-state index in [0.29, 0.717) is 6.42 Å². The Kier molecular flexibility index (Phi) is 4.73. The molecule has 5 heteroatoms. The maximum Gasteiger partial charge on any atom is 0.306 e. The number of ether oxygens (including phenoxy) is 1. The Morgan fingerprint density at radius 2 is 1.83 bits per heavy atom. The topological polar surface area (TPSA) is 55.8 Å². The van der Waals surface area contributed by atoms with Gasteiger partial charge in [-0.05, 0) is 39.5 Å². The van der Waals surface area contributed by atoms with Crippen LogP contribution in [0.1, 0.15) is 40.0 Å². The van der Waals surface area contributed by atoms with E-state index >= 15 is 0 Å². The Hall–Kier alpha value is -1.10. The predicted octanol–water partition coefficient (Wildman–Crippen LogP) is 1.76. The van der Waals surface area contributed by atoms with E-state index in [2.05, 4.69) is 0 Å². The zero-order valence-electron chi connectivity index (χ0n) is 11.9. The van der Waals surface area contributed by atoms with Crippen LogP contribution in [-0.4, -0.2) is 36.7 Å². The van der Waals surface area contributed by atoms with Gasteiger partial charge >= 0.3 is 5.97 Å². The number of amides is 1. The first-order chi connectivity index (χ1) is 8.23. The molecule has 0 aromatic rings. The molecule has 1 amide bonds. The van der Waals surface area contributed by atoms with Crippen molar-refractivity contribution in [2.75, 3.05) is 14.2 Å². The summed E-state index contributed by atoms with van der Waals surface area (Å²) in [5, 5.41) is 1.24. The molecule has 0 N–H and O–H groups in total. The third-order valence-corrected chi connectivity index (χ3v) is 3.04. The number of carbonyl (C=O) groups excluding carboxylic acids is 2. The lowest BCUT2D eigenvalue weighted by Crippen LogP contribution is -2.40. The number of hydrogen-bond donors (Lipinski definition) is 0. The highest BCUT2D eigenvalue weighted by atomic mass is 16.7. The van der Waals surface area contributed by atoms with Gasteiger partial charge in [-0.1, -0.05) is 0 Å². The van der Waals surface area contributed by atoms with Crippen molar-refractivity contribution < 1.29 is 19.2 Å². The smallest absolute Gasteiger partial charge is 0.306 e. The summed E-state index contributed by atoms with van der Waals surface area (Å²) < 4.78 is 5.25. The molecule has 104 valence electrons. The molecule has 0 radical (unpaired) electrons. The van der Waals surface area contributed by atoms with E-state index in [-0.39, 0.29) is 23.7 Å². The summed E-state index contributed by atoms with van der Waals surface area (Å²) in [5.74, 6) is 0.0536. The summed E-state index contributed by atoms with van der Waals surface area (Å²) in [7, 11) is 3.07. The van der Waals surface area contributed by atoms with Gasteiger partial charge in [0.15, 0.2) is 0 Å². The molecular formula is C13H23NO4. The van der Waals surface area contributed by atoms with Gasteiger partial charge in [0.05, 0.1) is 7.11 Å². The Labute approximate surface area is 108 Å². The molecule has 0 atom stereocenters. The van der Waals surface area contributed by atoms with Gasteiger partial charge in [0.2, 0.25) is 5.91 Å². The summed E-state index contributed by atoms with van der Waals surface area (Å²) in [6.45, 7) is 5.56. The fourth-order valence-corrected chi connectivity index (χ4v) is 2.07. The molecule has 1 fully saturated rings. The van der Waals surface area contributed by atoms with Gasteiger partial charge in [-0.3, -0.25) is 14.4 Å². The molecule has 0 heterocycles. The summed E-state index contributed by atoms with van der Waals surface area (Å²) in [4.78, 5) is 28.1. The second kappa shape index (κ2) is 5.69. The lowest BCUT2D eigenvalue weighted by Gasteiger charge is -2.35. The van der Waals surface area contributed by atoms with Crippen LogP contribution in [0.4, 0.5) is 0 Å². The molecule has 1 aliphatic rings. The van der Waals surface area contributed by atoms with Crippen LogP contribution in [0.3, 0.4) is 0 Å². The zero-order chi connectivity index (χ0) is 13.9. The van der Waals surface area contributed by atoms with Crippen LogP contribution in [-0.2, 0) is 19.2 Å². The van der Waals surface area contributed by atoms with Gasteiger partial charge in [-0.25, -0.2) is 5.06 Å². The Morgan fingerprint density at radius 3 is 2.28 bits per heavy atom. The minimum Gasteiger partial charge on any atom is -0.460 e. The van der Waals surface area contributed by atoms with Crippen molar-refractivity contribution in [2.24, 2.45) is 11.8 Å². The first-order valence-corrected chi connectivity index (χ1v) is 6.26. The van der Waals surface area contributed by atoms with Crippen molar-refractivity contribution >= 4 is 11.9 Å². The fourth-order valence-electron chi connectivity index (χ4n) is 2.07. The van der Waals surface area contributed by atoms with Crippen LogP contribution in [0.5, 0.6) is 0 Å². The van der Waals surface area contributed by atoms with Crippen LogP contribution >= 0.6 is 0 Å². The molecule has 0 aromatic carbocycles. The van der Waals surface area contributed by atoms with E-state index in [1.54, 1.807) is 7.05 Å². The van der Waals surface area contributed by atoms with Gasteiger partial charge < -0.3 is 4.74 Å². The number of hydrogen-bond acceptors (Lipinski definition) is 4. The molecule has 1 rings (SSSR count). The van der Waals surface area contributed by atoms with Gasteiger partial charge in [-0.2, -0.15) is 0 Å². The summed E-state index contributed by atoms with van der Waals surface area (Å²) in [6, 6.07) is 0. The normalized spacial score (nSPS) is 23.2. The van der Waals surface area contributed by atoms with Crippen molar-refractivity contribution in [3.05, 3.63) is 0 Å². The maximum atomic E-state index is 11.7. The quantitative estimate of drug-likeness (QED) is 0.569. The molecule has 1 saturated carbocycles. The predicted molar refractivity (Wildman–Crippen MR) is 66.5 cm³/mol. The van der Waals surface area contributed by atoms with E-state index in [0.717, 1.165) is 12.8 Å². The monoisotopic (exact) mass is 257 g/mol. The first kappa shape index (κ1) is 15.0. The summed E-state index contributed by atoms with van der Waals surface area (Å²) in [5.41, 5.74) is -0.438. The number of hydroxylamine groups is 2. The third-order valence-electron chi connectivity index (χ3n) is 3.04. The lowest BCUT2D eigenvalue weighted by atomic mass is 9.73. The van der Waals surface area contributed by atoms with Crippen molar-refractivity contribution in [2.45, 2.75) is 45.6 Å². The summed E-state index contributed by atoms with van der Waals surface area (Å²) >= 11 is 0. The van der Waals surface area contributed by atoms with Crippen LogP contribution in [0.25, 0.3) is 0 Å². The highest BCUT2D eigenvalue weighted by Crippen LogP contribution is 2.37. The van der Waals surface area contributed by atoms with Crippen molar-refractivity contribution in [3.8, 4) is 0 Å². The minimum atomic E-state index is -0.438. The van der Waals surface area contributed by atoms with Gasteiger partial charge in [-0.15, -0.1) is 0 Å². The van der Waals surface area contributed by atoms with E-state index in [1.165, 1.54) is 12.2 Å². The second-order valence-electron chi connectivity index (χ2n) is 5.84. The van der Waals surface area contributed by atoms with Crippen molar-refractivity contribution in [1.82, 2.24) is 5.06 Å². The standard InChI is InChI=1S/C13H23NO4/c1-13(2,3)18-11(15)8-9-6-10(7-9)12(16)14(4)17-5/h9-10H,6-8H2,1-5H3. The molecule has 0 aliphatic heterocycles. The zero-order valence-corrected chi connectivity index (χ0v) is 11.9. The molecule has 18 heavy (non-hydrogen) atoms. The highest BCUT2D eigenvalue weighted by Gasteiger charge is 2.37. The largest absolute Gasteiger partial charge is 0.460 e. The van der Waals surface area contributed by atoms with Crippen LogP contribution in [0.2, 0.25) is 0 Å². The second-order valence-corrected chi connectivity index (χ2v) is 5.84. The molecular weight excluding hydrogens is 234 g/mol. The van der Waals surface area contributed by atoms with Crippen molar-refractivity contribution in [3.63, 3.8) is 0 Å². The minimum absolute atomic E-state index is 0.0117. The SMILES string of the molecule is CON(C)C(=O)C1CC(CC(=O)OC(C)(C)C)C1. The number of esters is 1. The van der Waals surface area contributed by atoms with Gasteiger partial charge in [0, 0.05) is 19.4 Å². The molecule has 0 bridgehead atoms. The van der Waals surface area contributed by atoms with E-state index in [1.807, 2.05) is 20.8 Å². The molecule has 1 aliphatic carbocycles. The van der Waals surface area contributed by atoms with Crippen molar-refractivity contribution in [1.29, 1.82) is 0 Å².